The zero-order valence-electron chi connectivity index (χ0n) is 13.0. The molecule has 0 aliphatic carbocycles. The Balaban J connectivity index is 2.11. The second kappa shape index (κ2) is 6.98. The van der Waals surface area contributed by atoms with E-state index in [2.05, 4.69) is 30.1 Å². The minimum absolute atomic E-state index is 0.178. The molecule has 2 N–H and O–H groups in total. The molecule has 1 fully saturated rings. The summed E-state index contributed by atoms with van der Waals surface area (Å²) < 4.78 is 0. The van der Waals surface area contributed by atoms with Crippen LogP contribution in [0.1, 0.15) is 51.1 Å². The first kappa shape index (κ1) is 15.2. The van der Waals surface area contributed by atoms with Crippen molar-refractivity contribution in [3.05, 3.63) is 23.8 Å². The maximum Gasteiger partial charge on any atom is 0.122 e. The average molecular weight is 276 g/mol. The Morgan fingerprint density at radius 1 is 1.35 bits per heavy atom. The van der Waals surface area contributed by atoms with Crippen molar-refractivity contribution >= 4 is 5.69 Å². The molecule has 1 aliphatic rings. The summed E-state index contributed by atoms with van der Waals surface area (Å²) in [6, 6.07) is 6.30. The Kier molecular flexibility index (Phi) is 5.30. The lowest BCUT2D eigenvalue weighted by molar-refractivity contribution is 0.457. The van der Waals surface area contributed by atoms with Crippen molar-refractivity contribution in [2.75, 3.05) is 25.0 Å². The molecule has 1 saturated heterocycles. The Labute approximate surface area is 123 Å². The van der Waals surface area contributed by atoms with Crippen molar-refractivity contribution in [2.45, 2.75) is 45.6 Å². The van der Waals surface area contributed by atoms with Crippen molar-refractivity contribution in [1.29, 1.82) is 0 Å². The van der Waals surface area contributed by atoms with Crippen LogP contribution in [0.5, 0.6) is 5.75 Å². The zero-order valence-corrected chi connectivity index (χ0v) is 13.0. The zero-order chi connectivity index (χ0) is 14.5. The Hall–Kier alpha value is -1.22. The highest BCUT2D eigenvalue weighted by molar-refractivity contribution is 5.54. The predicted octanol–water partition coefficient (Wildman–Crippen LogP) is 3.69. The summed E-state index contributed by atoms with van der Waals surface area (Å²) in [4.78, 5) is 2.42. The van der Waals surface area contributed by atoms with E-state index in [0.717, 1.165) is 30.3 Å². The maximum atomic E-state index is 10.2. The fourth-order valence-corrected chi connectivity index (χ4v) is 3.08. The molecule has 1 aromatic carbocycles. The first-order valence-electron chi connectivity index (χ1n) is 7.90. The molecular weight excluding hydrogens is 248 g/mol. The normalized spacial score (nSPS) is 21.6. The van der Waals surface area contributed by atoms with Crippen LogP contribution in [0.3, 0.4) is 0 Å². The summed E-state index contributed by atoms with van der Waals surface area (Å²) in [7, 11) is 1.91. The van der Waals surface area contributed by atoms with Crippen LogP contribution in [0, 0.1) is 5.92 Å². The fourth-order valence-electron chi connectivity index (χ4n) is 3.08. The number of nitrogens with one attached hydrogen (secondary N) is 1. The standard InChI is InChI=1S/C17H28N2O/c1-4-14-6-5-10-19(11-9-14)15-7-8-16(13(2)18-3)17(20)12-15/h7-8,12-14,18,20H,4-6,9-11H2,1-3H3. The van der Waals surface area contributed by atoms with Gasteiger partial charge >= 0.3 is 0 Å². The van der Waals surface area contributed by atoms with Gasteiger partial charge in [-0.2, -0.15) is 0 Å². The average Bonchev–Trinajstić information content (AvgIpc) is 2.71. The quantitative estimate of drug-likeness (QED) is 0.880. The number of anilines is 1. The molecule has 0 amide bonds. The minimum atomic E-state index is 0.178. The van der Waals surface area contributed by atoms with E-state index in [1.54, 1.807) is 0 Å². The summed E-state index contributed by atoms with van der Waals surface area (Å²) >= 11 is 0. The van der Waals surface area contributed by atoms with Gasteiger partial charge in [-0.05, 0) is 45.2 Å². The van der Waals surface area contributed by atoms with E-state index in [1.165, 1.54) is 25.7 Å². The van der Waals surface area contributed by atoms with Gasteiger partial charge in [-0.1, -0.05) is 19.4 Å². The summed E-state index contributed by atoms with van der Waals surface area (Å²) in [5.74, 6) is 1.28. The second-order valence-electron chi connectivity index (χ2n) is 5.95. The van der Waals surface area contributed by atoms with Crippen LogP contribution in [0.4, 0.5) is 5.69 Å². The molecule has 112 valence electrons. The van der Waals surface area contributed by atoms with E-state index in [-0.39, 0.29) is 6.04 Å². The third-order valence-electron chi connectivity index (χ3n) is 4.70. The maximum absolute atomic E-state index is 10.2. The SMILES string of the molecule is CCC1CCCN(c2ccc(C(C)NC)c(O)c2)CC1. The number of nitrogens with zero attached hydrogens (tertiary/aromatic N) is 1. The van der Waals surface area contributed by atoms with Gasteiger partial charge < -0.3 is 15.3 Å². The Morgan fingerprint density at radius 2 is 2.15 bits per heavy atom. The first-order valence-corrected chi connectivity index (χ1v) is 7.90. The molecule has 0 radical (unpaired) electrons. The lowest BCUT2D eigenvalue weighted by Crippen LogP contribution is -2.24. The second-order valence-corrected chi connectivity index (χ2v) is 5.95. The molecule has 1 heterocycles. The van der Waals surface area contributed by atoms with Crippen LogP contribution in [-0.4, -0.2) is 25.2 Å². The number of rotatable bonds is 4. The van der Waals surface area contributed by atoms with Gasteiger partial charge in [-0.25, -0.2) is 0 Å². The van der Waals surface area contributed by atoms with Gasteiger partial charge in [0.15, 0.2) is 0 Å². The summed E-state index contributed by atoms with van der Waals surface area (Å²) in [6.07, 6.45) is 5.16. The highest BCUT2D eigenvalue weighted by atomic mass is 16.3. The van der Waals surface area contributed by atoms with Crippen LogP contribution in [0.2, 0.25) is 0 Å². The predicted molar refractivity (Wildman–Crippen MR) is 85.4 cm³/mol. The Morgan fingerprint density at radius 3 is 2.80 bits per heavy atom. The lowest BCUT2D eigenvalue weighted by Gasteiger charge is -2.24. The van der Waals surface area contributed by atoms with Gasteiger partial charge in [0, 0.05) is 36.4 Å². The van der Waals surface area contributed by atoms with Crippen LogP contribution < -0.4 is 10.2 Å². The van der Waals surface area contributed by atoms with E-state index in [1.807, 2.05) is 19.2 Å². The number of phenols is 1. The highest BCUT2D eigenvalue weighted by Gasteiger charge is 2.17. The molecule has 2 unspecified atom stereocenters. The first-order chi connectivity index (χ1) is 9.65. The molecule has 2 rings (SSSR count). The number of aromatic hydroxyl groups is 1. The van der Waals surface area contributed by atoms with Gasteiger partial charge in [0.2, 0.25) is 0 Å². The third kappa shape index (κ3) is 3.45. The van der Waals surface area contributed by atoms with Gasteiger partial charge in [-0.15, -0.1) is 0 Å². The monoisotopic (exact) mass is 276 g/mol. The Bertz CT molecular complexity index is 433. The van der Waals surface area contributed by atoms with Crippen LogP contribution >= 0.6 is 0 Å². The van der Waals surface area contributed by atoms with Gasteiger partial charge in [0.25, 0.3) is 0 Å². The number of phenolic OH excluding ortho intramolecular Hbond substituents is 1. The molecule has 0 spiro atoms. The van der Waals surface area contributed by atoms with Crippen molar-refractivity contribution in [3.8, 4) is 5.75 Å². The van der Waals surface area contributed by atoms with Crippen molar-refractivity contribution in [1.82, 2.24) is 5.32 Å². The molecule has 0 aromatic heterocycles. The van der Waals surface area contributed by atoms with E-state index < -0.39 is 0 Å². The molecule has 3 nitrogen and oxygen atoms in total. The molecule has 1 aliphatic heterocycles. The van der Waals surface area contributed by atoms with E-state index in [4.69, 9.17) is 0 Å². The van der Waals surface area contributed by atoms with Crippen LogP contribution in [0.25, 0.3) is 0 Å². The lowest BCUT2D eigenvalue weighted by atomic mass is 9.98. The van der Waals surface area contributed by atoms with Crippen molar-refractivity contribution in [3.63, 3.8) is 0 Å². The highest BCUT2D eigenvalue weighted by Crippen LogP contribution is 2.31. The van der Waals surface area contributed by atoms with Crippen LogP contribution in [-0.2, 0) is 0 Å². The summed E-state index contributed by atoms with van der Waals surface area (Å²) in [5, 5.41) is 13.4. The fraction of sp³-hybridized carbons (Fsp3) is 0.647. The molecule has 1 aromatic rings. The number of hydrogen-bond donors (Lipinski definition) is 2. The van der Waals surface area contributed by atoms with Gasteiger partial charge in [0.05, 0.1) is 0 Å². The minimum Gasteiger partial charge on any atom is -0.508 e. The van der Waals surface area contributed by atoms with E-state index in [9.17, 15) is 5.11 Å². The van der Waals surface area contributed by atoms with Gasteiger partial charge in [0.1, 0.15) is 5.75 Å². The van der Waals surface area contributed by atoms with E-state index >= 15 is 0 Å². The van der Waals surface area contributed by atoms with Crippen LogP contribution in [0.15, 0.2) is 18.2 Å². The van der Waals surface area contributed by atoms with Crippen molar-refractivity contribution < 1.29 is 5.11 Å². The summed E-state index contributed by atoms with van der Waals surface area (Å²) in [6.45, 7) is 6.57. The molecule has 2 atom stereocenters. The largest absolute Gasteiger partial charge is 0.508 e. The molecule has 0 bridgehead atoms. The number of benzene rings is 1. The smallest absolute Gasteiger partial charge is 0.122 e. The van der Waals surface area contributed by atoms with E-state index in [0.29, 0.717) is 5.75 Å². The molecular formula is C17H28N2O. The molecule has 3 heteroatoms. The topological polar surface area (TPSA) is 35.5 Å². The molecule has 20 heavy (non-hydrogen) atoms. The van der Waals surface area contributed by atoms with Gasteiger partial charge in [-0.3, -0.25) is 0 Å². The summed E-state index contributed by atoms with van der Waals surface area (Å²) in [5.41, 5.74) is 2.13. The molecule has 0 saturated carbocycles. The third-order valence-corrected chi connectivity index (χ3v) is 4.70. The number of hydrogen-bond acceptors (Lipinski definition) is 3. The van der Waals surface area contributed by atoms with Crippen molar-refractivity contribution in [2.24, 2.45) is 5.92 Å².